The van der Waals surface area contributed by atoms with Gasteiger partial charge < -0.3 is 9.72 Å². The predicted octanol–water partition coefficient (Wildman–Crippen LogP) is 5.99. The molecular formula is C24H21Cl2NO3S. The first-order chi connectivity index (χ1) is 14.8. The molecule has 2 aliphatic rings. The van der Waals surface area contributed by atoms with Gasteiger partial charge in [0.1, 0.15) is 10.6 Å². The lowest BCUT2D eigenvalue weighted by molar-refractivity contribution is 0.306. The van der Waals surface area contributed by atoms with E-state index in [4.69, 9.17) is 27.9 Å². The maximum atomic E-state index is 13.9. The van der Waals surface area contributed by atoms with E-state index in [1.807, 2.05) is 42.5 Å². The maximum Gasteiger partial charge on any atom is 0.203 e. The third-order valence-electron chi connectivity index (χ3n) is 6.25. The summed E-state index contributed by atoms with van der Waals surface area (Å²) >= 11 is 12.6. The van der Waals surface area contributed by atoms with Gasteiger partial charge in [-0.05, 0) is 31.5 Å². The summed E-state index contributed by atoms with van der Waals surface area (Å²) in [5.41, 5.74) is 1.66. The fourth-order valence-corrected chi connectivity index (χ4v) is 6.68. The number of aromatic nitrogens is 1. The Morgan fingerprint density at radius 3 is 2.58 bits per heavy atom. The highest BCUT2D eigenvalue weighted by Crippen LogP contribution is 2.48. The van der Waals surface area contributed by atoms with E-state index in [0.717, 1.165) is 22.0 Å². The van der Waals surface area contributed by atoms with Crippen molar-refractivity contribution < 1.29 is 13.2 Å². The molecule has 1 aromatic heterocycles. The van der Waals surface area contributed by atoms with Gasteiger partial charge in [0.25, 0.3) is 0 Å². The number of rotatable bonds is 5. The van der Waals surface area contributed by atoms with Gasteiger partial charge in [0.2, 0.25) is 9.84 Å². The minimum absolute atomic E-state index is 0.246. The molecule has 31 heavy (non-hydrogen) atoms. The molecule has 2 aromatic carbocycles. The Kier molecular flexibility index (Phi) is 4.87. The number of ether oxygens (including phenoxy) is 1. The van der Waals surface area contributed by atoms with Gasteiger partial charge in [0.05, 0.1) is 11.4 Å². The summed E-state index contributed by atoms with van der Waals surface area (Å²) in [4.78, 5) is 3.20. The maximum absolute atomic E-state index is 13.9. The van der Waals surface area contributed by atoms with E-state index in [2.05, 4.69) is 4.98 Å². The zero-order valence-electron chi connectivity index (χ0n) is 16.9. The van der Waals surface area contributed by atoms with Crippen molar-refractivity contribution in [1.29, 1.82) is 0 Å². The SMILES string of the molecule is CC1(S(=O)(=O)c2[nH]c3ccccc3c2CC2(c3ccc(Cl)cc3Cl)CO2)C=CC=CC1. The fourth-order valence-electron chi connectivity index (χ4n) is 4.30. The van der Waals surface area contributed by atoms with E-state index >= 15 is 0 Å². The Morgan fingerprint density at radius 1 is 1.13 bits per heavy atom. The molecule has 0 saturated carbocycles. The number of aromatic amines is 1. The highest BCUT2D eigenvalue weighted by Gasteiger charge is 2.50. The quantitative estimate of drug-likeness (QED) is 0.462. The van der Waals surface area contributed by atoms with Gasteiger partial charge in [0.15, 0.2) is 0 Å². The van der Waals surface area contributed by atoms with Crippen LogP contribution in [-0.4, -0.2) is 24.8 Å². The Hall–Kier alpha value is -2.05. The van der Waals surface area contributed by atoms with Gasteiger partial charge in [-0.2, -0.15) is 0 Å². The number of sulfone groups is 1. The first-order valence-electron chi connectivity index (χ1n) is 10.0. The lowest BCUT2D eigenvalue weighted by atomic mass is 9.92. The molecule has 3 aromatic rings. The van der Waals surface area contributed by atoms with Crippen molar-refractivity contribution in [1.82, 2.24) is 4.98 Å². The summed E-state index contributed by atoms with van der Waals surface area (Å²) in [6.45, 7) is 2.23. The van der Waals surface area contributed by atoms with Gasteiger partial charge >= 0.3 is 0 Å². The zero-order valence-corrected chi connectivity index (χ0v) is 19.2. The molecule has 1 aliphatic heterocycles. The third kappa shape index (κ3) is 3.35. The monoisotopic (exact) mass is 473 g/mol. The molecule has 1 N–H and O–H groups in total. The number of allylic oxidation sites excluding steroid dienone is 3. The van der Waals surface area contributed by atoms with Crippen LogP contribution in [0.2, 0.25) is 10.0 Å². The van der Waals surface area contributed by atoms with Crippen molar-refractivity contribution >= 4 is 43.9 Å². The Balaban J connectivity index is 1.66. The molecule has 2 heterocycles. The zero-order chi connectivity index (χ0) is 21.9. The van der Waals surface area contributed by atoms with Crippen LogP contribution in [0.5, 0.6) is 0 Å². The smallest absolute Gasteiger partial charge is 0.203 e. The minimum Gasteiger partial charge on any atom is -0.364 e. The minimum atomic E-state index is -3.70. The largest absolute Gasteiger partial charge is 0.364 e. The molecule has 2 unspecified atom stereocenters. The molecule has 1 aliphatic carbocycles. The fraction of sp³-hybridized carbons (Fsp3) is 0.250. The Bertz CT molecular complexity index is 1350. The molecule has 0 radical (unpaired) electrons. The van der Waals surface area contributed by atoms with Crippen LogP contribution in [0.25, 0.3) is 10.9 Å². The number of hydrogen-bond acceptors (Lipinski definition) is 3. The van der Waals surface area contributed by atoms with Crippen LogP contribution >= 0.6 is 23.2 Å². The van der Waals surface area contributed by atoms with Gasteiger partial charge in [-0.25, -0.2) is 8.42 Å². The summed E-state index contributed by atoms with van der Waals surface area (Å²) in [5, 5.41) is 2.18. The van der Waals surface area contributed by atoms with Crippen molar-refractivity contribution in [2.75, 3.05) is 6.61 Å². The second kappa shape index (κ2) is 7.24. The lowest BCUT2D eigenvalue weighted by Crippen LogP contribution is -2.34. The summed E-state index contributed by atoms with van der Waals surface area (Å²) in [5.74, 6) is 0. The summed E-state index contributed by atoms with van der Waals surface area (Å²) in [6.07, 6.45) is 8.13. The topological polar surface area (TPSA) is 62.5 Å². The molecule has 160 valence electrons. The third-order valence-corrected chi connectivity index (χ3v) is 9.22. The van der Waals surface area contributed by atoms with Crippen LogP contribution in [-0.2, 0) is 26.6 Å². The molecule has 0 amide bonds. The van der Waals surface area contributed by atoms with Crippen LogP contribution in [0.15, 0.2) is 71.8 Å². The van der Waals surface area contributed by atoms with E-state index in [0.29, 0.717) is 29.5 Å². The Labute approximate surface area is 191 Å². The van der Waals surface area contributed by atoms with Crippen LogP contribution in [0, 0.1) is 0 Å². The molecular weight excluding hydrogens is 453 g/mol. The van der Waals surface area contributed by atoms with E-state index in [-0.39, 0.29) is 5.03 Å². The number of halogens is 2. The number of H-pyrrole nitrogens is 1. The molecule has 7 heteroatoms. The highest BCUT2D eigenvalue weighted by atomic mass is 35.5. The molecule has 2 atom stereocenters. The molecule has 0 bridgehead atoms. The van der Waals surface area contributed by atoms with Crippen molar-refractivity contribution in [3.63, 3.8) is 0 Å². The standard InChI is InChI=1S/C24H21Cl2NO3S/c1-23(11-5-2-6-12-23)31(28,29)22-18(17-7-3-4-8-21(17)27-22)14-24(15-30-24)19-10-9-16(25)13-20(19)26/h2-11,13,27H,12,14-15H2,1H3. The number of hydrogen-bond donors (Lipinski definition) is 1. The average Bonchev–Trinajstić information content (AvgIpc) is 3.42. The second-order valence-electron chi connectivity index (χ2n) is 8.37. The number of fused-ring (bicyclic) bond motifs is 1. The number of nitrogens with one attached hydrogen (secondary N) is 1. The van der Waals surface area contributed by atoms with E-state index in [9.17, 15) is 8.42 Å². The van der Waals surface area contributed by atoms with E-state index in [1.165, 1.54) is 0 Å². The first kappa shape index (κ1) is 20.8. The number of para-hydroxylation sites is 1. The number of benzene rings is 2. The highest BCUT2D eigenvalue weighted by molar-refractivity contribution is 7.93. The lowest BCUT2D eigenvalue weighted by Gasteiger charge is -2.27. The van der Waals surface area contributed by atoms with Crippen LogP contribution in [0.1, 0.15) is 24.5 Å². The molecule has 0 spiro atoms. The summed E-state index contributed by atoms with van der Waals surface area (Å²) < 4.78 is 32.6. The van der Waals surface area contributed by atoms with E-state index in [1.54, 1.807) is 31.2 Å². The molecule has 1 saturated heterocycles. The van der Waals surface area contributed by atoms with Crippen molar-refractivity contribution in [3.05, 3.63) is 87.9 Å². The second-order valence-corrected chi connectivity index (χ2v) is 11.6. The first-order valence-corrected chi connectivity index (χ1v) is 12.3. The van der Waals surface area contributed by atoms with E-state index < -0.39 is 20.2 Å². The van der Waals surface area contributed by atoms with Crippen LogP contribution < -0.4 is 0 Å². The van der Waals surface area contributed by atoms with Crippen molar-refractivity contribution in [3.8, 4) is 0 Å². The van der Waals surface area contributed by atoms with Crippen LogP contribution in [0.3, 0.4) is 0 Å². The number of epoxide rings is 1. The average molecular weight is 474 g/mol. The predicted molar refractivity (Wildman–Crippen MR) is 125 cm³/mol. The summed E-state index contributed by atoms with van der Waals surface area (Å²) in [7, 11) is -3.70. The normalized spacial score (nSPS) is 25.3. The molecule has 5 rings (SSSR count). The molecule has 1 fully saturated rings. The van der Waals surface area contributed by atoms with Gasteiger partial charge in [-0.1, -0.05) is 71.8 Å². The van der Waals surface area contributed by atoms with Gasteiger partial charge in [-0.3, -0.25) is 0 Å². The van der Waals surface area contributed by atoms with Gasteiger partial charge in [-0.15, -0.1) is 0 Å². The summed E-state index contributed by atoms with van der Waals surface area (Å²) in [6, 6.07) is 13.0. The van der Waals surface area contributed by atoms with Crippen LogP contribution in [0.4, 0.5) is 0 Å². The molecule has 4 nitrogen and oxygen atoms in total. The van der Waals surface area contributed by atoms with Crippen molar-refractivity contribution in [2.24, 2.45) is 0 Å². The Morgan fingerprint density at radius 2 is 1.90 bits per heavy atom. The van der Waals surface area contributed by atoms with Crippen molar-refractivity contribution in [2.45, 2.75) is 35.1 Å². The van der Waals surface area contributed by atoms with Gasteiger partial charge in [0, 0.05) is 38.5 Å².